The van der Waals surface area contributed by atoms with Crippen LogP contribution in [0.4, 0.5) is 0 Å². The maximum absolute atomic E-state index is 12.7. The molecule has 1 aliphatic heterocycles. The second-order valence-corrected chi connectivity index (χ2v) is 11.4. The Bertz CT molecular complexity index is 1130. The molecule has 220 valence electrons. The molecule has 41 heavy (non-hydrogen) atoms. The number of amides is 1. The van der Waals surface area contributed by atoms with Crippen LogP contribution in [0.3, 0.4) is 0 Å². The van der Waals surface area contributed by atoms with Crippen LogP contribution in [-0.4, -0.2) is 30.5 Å². The summed E-state index contributed by atoms with van der Waals surface area (Å²) in [6.45, 7) is 5.28. The zero-order valence-corrected chi connectivity index (χ0v) is 25.1. The lowest BCUT2D eigenvalue weighted by molar-refractivity contribution is 0.0724. The minimum atomic E-state index is 0.140. The van der Waals surface area contributed by atoms with Crippen molar-refractivity contribution in [2.24, 2.45) is 0 Å². The fourth-order valence-electron chi connectivity index (χ4n) is 5.46. The number of likely N-dealkylation sites (tertiary alicyclic amines) is 1. The van der Waals surface area contributed by atoms with E-state index >= 15 is 0 Å². The zero-order chi connectivity index (χ0) is 28.5. The standard InChI is InChI=1S/C37H49NO3/c1-2-3-4-5-6-7-8-9-10-14-29-40-35-23-19-32(20-24-35)33-21-25-36(26-22-33)41-30-31-15-17-34(18-16-31)37(39)38-27-12-11-13-28-38/h15-26H,2-14,27-30H2,1H3. The molecule has 4 heteroatoms. The van der Waals surface area contributed by atoms with Gasteiger partial charge in [0.15, 0.2) is 0 Å². The Kier molecular flexibility index (Phi) is 13.1. The van der Waals surface area contributed by atoms with Crippen LogP contribution in [0, 0.1) is 0 Å². The van der Waals surface area contributed by atoms with Crippen LogP contribution in [0.1, 0.15) is 106 Å². The number of rotatable bonds is 17. The van der Waals surface area contributed by atoms with Crippen LogP contribution in [-0.2, 0) is 6.61 Å². The molecule has 0 atom stereocenters. The summed E-state index contributed by atoms with van der Waals surface area (Å²) in [5.74, 6) is 1.91. The molecule has 0 saturated carbocycles. The van der Waals surface area contributed by atoms with Crippen molar-refractivity contribution < 1.29 is 14.3 Å². The number of unbranched alkanes of at least 4 members (excludes halogenated alkanes) is 9. The lowest BCUT2D eigenvalue weighted by Gasteiger charge is -2.26. The van der Waals surface area contributed by atoms with Gasteiger partial charge in [0.05, 0.1) is 6.61 Å². The van der Waals surface area contributed by atoms with Gasteiger partial charge >= 0.3 is 0 Å². The fraction of sp³-hybridized carbons (Fsp3) is 0.486. The molecule has 1 aliphatic rings. The van der Waals surface area contributed by atoms with E-state index < -0.39 is 0 Å². The summed E-state index contributed by atoms with van der Waals surface area (Å²) in [6.07, 6.45) is 16.8. The first kappa shape index (κ1) is 30.7. The lowest BCUT2D eigenvalue weighted by Crippen LogP contribution is -2.35. The van der Waals surface area contributed by atoms with Crippen molar-refractivity contribution in [1.82, 2.24) is 4.90 Å². The molecule has 3 aromatic rings. The molecule has 0 bridgehead atoms. The summed E-state index contributed by atoms with van der Waals surface area (Å²) in [6, 6.07) is 24.4. The summed E-state index contributed by atoms with van der Waals surface area (Å²) in [4.78, 5) is 14.6. The third kappa shape index (κ3) is 10.6. The quantitative estimate of drug-likeness (QED) is 0.156. The minimum Gasteiger partial charge on any atom is -0.494 e. The average molecular weight is 556 g/mol. The van der Waals surface area contributed by atoms with Crippen molar-refractivity contribution in [3.05, 3.63) is 83.9 Å². The Morgan fingerprint density at radius 2 is 1.12 bits per heavy atom. The molecule has 1 amide bonds. The van der Waals surface area contributed by atoms with E-state index in [1.807, 2.05) is 41.3 Å². The molecule has 3 aromatic carbocycles. The SMILES string of the molecule is CCCCCCCCCCCCOc1ccc(-c2ccc(OCc3ccc(C(=O)N4CCCCC4)cc3)cc2)cc1. The Labute approximate surface area is 248 Å². The highest BCUT2D eigenvalue weighted by atomic mass is 16.5. The molecule has 1 fully saturated rings. The Balaban J connectivity index is 1.13. The van der Waals surface area contributed by atoms with Crippen LogP contribution in [0.5, 0.6) is 11.5 Å². The Morgan fingerprint density at radius 1 is 0.610 bits per heavy atom. The summed E-state index contributed by atoms with van der Waals surface area (Å²) >= 11 is 0. The van der Waals surface area contributed by atoms with Crippen molar-refractivity contribution in [2.45, 2.75) is 97.0 Å². The van der Waals surface area contributed by atoms with E-state index in [-0.39, 0.29) is 5.91 Å². The molecule has 0 spiro atoms. The molecule has 1 heterocycles. The number of nitrogens with zero attached hydrogens (tertiary/aromatic N) is 1. The molecule has 0 aromatic heterocycles. The molecule has 1 saturated heterocycles. The van der Waals surface area contributed by atoms with Crippen LogP contribution < -0.4 is 9.47 Å². The van der Waals surface area contributed by atoms with Crippen LogP contribution in [0.15, 0.2) is 72.8 Å². The third-order valence-corrected chi connectivity index (χ3v) is 8.06. The zero-order valence-electron chi connectivity index (χ0n) is 25.1. The number of carbonyl (C=O) groups excluding carboxylic acids is 1. The number of carbonyl (C=O) groups is 1. The molecule has 0 radical (unpaired) electrons. The van der Waals surface area contributed by atoms with Crippen LogP contribution in [0.2, 0.25) is 0 Å². The van der Waals surface area contributed by atoms with Gasteiger partial charge in [-0.3, -0.25) is 4.79 Å². The largest absolute Gasteiger partial charge is 0.494 e. The highest BCUT2D eigenvalue weighted by Gasteiger charge is 2.17. The second-order valence-electron chi connectivity index (χ2n) is 11.4. The summed E-state index contributed by atoms with van der Waals surface area (Å²) < 4.78 is 12.0. The highest BCUT2D eigenvalue weighted by molar-refractivity contribution is 5.94. The van der Waals surface area contributed by atoms with Gasteiger partial charge in [-0.2, -0.15) is 0 Å². The van der Waals surface area contributed by atoms with Gasteiger partial charge in [-0.1, -0.05) is 101 Å². The molecule has 0 N–H and O–H groups in total. The monoisotopic (exact) mass is 555 g/mol. The summed E-state index contributed by atoms with van der Waals surface area (Å²) in [5, 5.41) is 0. The van der Waals surface area contributed by atoms with E-state index in [0.717, 1.165) is 72.7 Å². The van der Waals surface area contributed by atoms with Gasteiger partial charge in [-0.15, -0.1) is 0 Å². The molecule has 0 unspecified atom stereocenters. The predicted octanol–water partition coefficient (Wildman–Crippen LogP) is 9.86. The van der Waals surface area contributed by atoms with Gasteiger partial charge in [-0.05, 0) is 78.8 Å². The van der Waals surface area contributed by atoms with E-state index in [0.29, 0.717) is 6.61 Å². The number of benzene rings is 3. The van der Waals surface area contributed by atoms with Crippen molar-refractivity contribution in [2.75, 3.05) is 19.7 Å². The number of piperidine rings is 1. The highest BCUT2D eigenvalue weighted by Crippen LogP contribution is 2.25. The van der Waals surface area contributed by atoms with E-state index in [4.69, 9.17) is 9.47 Å². The molecular weight excluding hydrogens is 506 g/mol. The lowest BCUT2D eigenvalue weighted by atomic mass is 10.1. The maximum atomic E-state index is 12.7. The Hall–Kier alpha value is -3.27. The summed E-state index contributed by atoms with van der Waals surface area (Å²) in [7, 11) is 0. The van der Waals surface area contributed by atoms with Gasteiger partial charge in [-0.25, -0.2) is 0 Å². The second kappa shape index (κ2) is 17.5. The van der Waals surface area contributed by atoms with Gasteiger partial charge in [0, 0.05) is 18.7 Å². The average Bonchev–Trinajstić information content (AvgIpc) is 3.03. The molecule has 0 aliphatic carbocycles. The van der Waals surface area contributed by atoms with Gasteiger partial charge in [0.25, 0.3) is 5.91 Å². The van der Waals surface area contributed by atoms with Gasteiger partial charge < -0.3 is 14.4 Å². The number of ether oxygens (including phenoxy) is 2. The van der Waals surface area contributed by atoms with Crippen LogP contribution in [0.25, 0.3) is 11.1 Å². The Morgan fingerprint density at radius 3 is 1.68 bits per heavy atom. The van der Waals surface area contributed by atoms with Crippen molar-refractivity contribution in [3.63, 3.8) is 0 Å². The van der Waals surface area contributed by atoms with Crippen molar-refractivity contribution in [1.29, 1.82) is 0 Å². The topological polar surface area (TPSA) is 38.8 Å². The molecule has 4 nitrogen and oxygen atoms in total. The summed E-state index contributed by atoms with van der Waals surface area (Å²) in [5.41, 5.74) is 4.13. The molecular formula is C37H49NO3. The van der Waals surface area contributed by atoms with Crippen LogP contribution >= 0.6 is 0 Å². The minimum absolute atomic E-state index is 0.140. The van der Waals surface area contributed by atoms with E-state index in [2.05, 4.69) is 43.3 Å². The number of hydrogen-bond donors (Lipinski definition) is 0. The smallest absolute Gasteiger partial charge is 0.253 e. The van der Waals surface area contributed by atoms with E-state index in [1.165, 1.54) is 64.2 Å². The predicted molar refractivity (Wildman–Crippen MR) is 170 cm³/mol. The van der Waals surface area contributed by atoms with Gasteiger partial charge in [0.2, 0.25) is 0 Å². The third-order valence-electron chi connectivity index (χ3n) is 8.06. The first-order valence-corrected chi connectivity index (χ1v) is 16.1. The van der Waals surface area contributed by atoms with Crippen molar-refractivity contribution in [3.8, 4) is 22.6 Å². The van der Waals surface area contributed by atoms with Crippen molar-refractivity contribution >= 4 is 5.91 Å². The first-order valence-electron chi connectivity index (χ1n) is 16.1. The maximum Gasteiger partial charge on any atom is 0.253 e. The first-order chi connectivity index (χ1) is 20.2. The molecule has 4 rings (SSSR count). The normalized spacial score (nSPS) is 13.2. The number of hydrogen-bond acceptors (Lipinski definition) is 3. The fourth-order valence-corrected chi connectivity index (χ4v) is 5.46. The van der Waals surface area contributed by atoms with E-state index in [1.54, 1.807) is 0 Å². The van der Waals surface area contributed by atoms with E-state index in [9.17, 15) is 4.79 Å². The van der Waals surface area contributed by atoms with Gasteiger partial charge in [0.1, 0.15) is 18.1 Å².